The quantitative estimate of drug-likeness (QED) is 0.616. The molecule has 1 aromatic rings. The summed E-state index contributed by atoms with van der Waals surface area (Å²) in [6.07, 6.45) is 9.36. The smallest absolute Gasteiger partial charge is 0.335 e. The monoisotopic (exact) mass is 364 g/mol. The molecule has 0 atom stereocenters. The van der Waals surface area contributed by atoms with Crippen molar-refractivity contribution in [3.63, 3.8) is 0 Å². The molecule has 0 radical (unpaired) electrons. The number of hydrogen-bond donors (Lipinski definition) is 3. The zero-order valence-electron chi connectivity index (χ0n) is 14.1. The summed E-state index contributed by atoms with van der Waals surface area (Å²) in [6.45, 7) is 0.328. The van der Waals surface area contributed by atoms with Gasteiger partial charge in [-0.1, -0.05) is 11.6 Å². The molecular weight excluding hydrogens is 340 g/mol. The van der Waals surface area contributed by atoms with E-state index >= 15 is 0 Å². The molecule has 0 spiro atoms. The third-order valence-electron chi connectivity index (χ3n) is 4.58. The van der Waals surface area contributed by atoms with Crippen molar-refractivity contribution in [2.45, 2.75) is 55.9 Å². The summed E-state index contributed by atoms with van der Waals surface area (Å²) in [5, 5.41) is 12.3. The van der Waals surface area contributed by atoms with E-state index in [4.69, 9.17) is 5.11 Å². The molecule has 1 aromatic carbocycles. The summed E-state index contributed by atoms with van der Waals surface area (Å²) in [4.78, 5) is 11.2. The predicted molar refractivity (Wildman–Crippen MR) is 96.4 cm³/mol. The molecule has 3 N–H and O–H groups in total. The van der Waals surface area contributed by atoms with Crippen LogP contribution in [0.4, 0.5) is 5.69 Å². The van der Waals surface area contributed by atoms with Crippen molar-refractivity contribution in [1.82, 2.24) is 4.72 Å². The fraction of sp³-hybridized carbons (Fsp3) is 0.500. The summed E-state index contributed by atoms with van der Waals surface area (Å²) in [5.41, 5.74) is 1.73. The predicted octanol–water partition coefficient (Wildman–Crippen LogP) is 3.13. The third-order valence-corrected chi connectivity index (χ3v) is 6.08. The van der Waals surface area contributed by atoms with Crippen molar-refractivity contribution in [3.8, 4) is 0 Å². The van der Waals surface area contributed by atoms with Crippen LogP contribution < -0.4 is 10.0 Å². The molecule has 6 nitrogen and oxygen atoms in total. The van der Waals surface area contributed by atoms with Crippen LogP contribution in [0.3, 0.4) is 0 Å². The van der Waals surface area contributed by atoms with Crippen molar-refractivity contribution in [2.24, 2.45) is 0 Å². The molecule has 0 aromatic heterocycles. The number of anilines is 1. The van der Waals surface area contributed by atoms with E-state index in [0.29, 0.717) is 18.7 Å². The van der Waals surface area contributed by atoms with E-state index in [2.05, 4.69) is 16.1 Å². The normalized spacial score (nSPS) is 17.8. The lowest BCUT2D eigenvalue weighted by Gasteiger charge is -2.15. The van der Waals surface area contributed by atoms with E-state index in [-0.39, 0.29) is 16.5 Å². The van der Waals surface area contributed by atoms with Gasteiger partial charge in [0, 0.05) is 12.6 Å². The van der Waals surface area contributed by atoms with Gasteiger partial charge >= 0.3 is 5.97 Å². The first-order chi connectivity index (χ1) is 12.0. The van der Waals surface area contributed by atoms with E-state index in [1.165, 1.54) is 24.1 Å². The van der Waals surface area contributed by atoms with Crippen LogP contribution in [-0.4, -0.2) is 32.1 Å². The number of hydrogen-bond acceptors (Lipinski definition) is 4. The SMILES string of the molecule is O=C(O)c1ccc(NC2CC2)c(S(=O)(=O)NCCC2=CCCCC2)c1. The molecule has 2 aliphatic carbocycles. The molecule has 3 rings (SSSR count). The molecule has 136 valence electrons. The number of carboxylic acids is 1. The van der Waals surface area contributed by atoms with Gasteiger partial charge in [-0.05, 0) is 63.1 Å². The van der Waals surface area contributed by atoms with E-state index in [0.717, 1.165) is 32.1 Å². The van der Waals surface area contributed by atoms with Crippen LogP contribution in [-0.2, 0) is 10.0 Å². The van der Waals surface area contributed by atoms with Crippen LogP contribution in [0.2, 0.25) is 0 Å². The summed E-state index contributed by atoms with van der Waals surface area (Å²) >= 11 is 0. The number of allylic oxidation sites excluding steroid dienone is 1. The molecule has 25 heavy (non-hydrogen) atoms. The van der Waals surface area contributed by atoms with Crippen molar-refractivity contribution in [2.75, 3.05) is 11.9 Å². The molecule has 0 aliphatic heterocycles. The lowest BCUT2D eigenvalue weighted by molar-refractivity contribution is 0.0696. The van der Waals surface area contributed by atoms with Gasteiger partial charge in [-0.15, -0.1) is 0 Å². The Balaban J connectivity index is 1.75. The standard InChI is InChI=1S/C18H24N2O4S/c21-18(22)14-6-9-16(20-15-7-8-15)17(12-14)25(23,24)19-11-10-13-4-2-1-3-5-13/h4,6,9,12,15,19-20H,1-3,5,7-8,10-11H2,(H,21,22). The first-order valence-corrected chi connectivity index (χ1v) is 10.3. The van der Waals surface area contributed by atoms with Crippen molar-refractivity contribution >= 4 is 21.7 Å². The first kappa shape index (κ1) is 17.9. The van der Waals surface area contributed by atoms with E-state index in [1.54, 1.807) is 6.07 Å². The molecule has 0 unspecified atom stereocenters. The maximum absolute atomic E-state index is 12.7. The van der Waals surface area contributed by atoms with Crippen LogP contribution in [0.5, 0.6) is 0 Å². The maximum Gasteiger partial charge on any atom is 0.335 e. The molecule has 1 saturated carbocycles. The van der Waals surface area contributed by atoms with Gasteiger partial charge in [0.05, 0.1) is 11.3 Å². The van der Waals surface area contributed by atoms with Crippen LogP contribution in [0, 0.1) is 0 Å². The zero-order valence-corrected chi connectivity index (χ0v) is 14.9. The van der Waals surface area contributed by atoms with Gasteiger partial charge in [0.25, 0.3) is 0 Å². The number of carboxylic acid groups (broad SMARTS) is 1. The Morgan fingerprint density at radius 1 is 1.24 bits per heavy atom. The Bertz CT molecular complexity index is 782. The lowest BCUT2D eigenvalue weighted by atomic mass is 9.97. The number of aromatic carboxylic acids is 1. The maximum atomic E-state index is 12.7. The van der Waals surface area contributed by atoms with E-state index in [9.17, 15) is 13.2 Å². The van der Waals surface area contributed by atoms with E-state index in [1.807, 2.05) is 0 Å². The average Bonchev–Trinajstić information content (AvgIpc) is 3.40. The van der Waals surface area contributed by atoms with Crippen LogP contribution >= 0.6 is 0 Å². The Hall–Kier alpha value is -1.86. The van der Waals surface area contributed by atoms with Gasteiger partial charge in [0.1, 0.15) is 4.90 Å². The fourth-order valence-corrected chi connectivity index (χ4v) is 4.22. The molecule has 0 saturated heterocycles. The third kappa shape index (κ3) is 4.83. The van der Waals surface area contributed by atoms with Crippen LogP contribution in [0.15, 0.2) is 34.7 Å². The highest BCUT2D eigenvalue weighted by molar-refractivity contribution is 7.89. The first-order valence-electron chi connectivity index (χ1n) is 8.77. The summed E-state index contributed by atoms with van der Waals surface area (Å²) in [5.74, 6) is -1.14. The molecule has 0 heterocycles. The van der Waals surface area contributed by atoms with Crippen molar-refractivity contribution in [1.29, 1.82) is 0 Å². The average molecular weight is 364 g/mol. The summed E-state index contributed by atoms with van der Waals surface area (Å²) < 4.78 is 28.0. The van der Waals surface area contributed by atoms with Gasteiger partial charge in [0.15, 0.2) is 0 Å². The molecular formula is C18H24N2O4S. The van der Waals surface area contributed by atoms with Gasteiger partial charge < -0.3 is 10.4 Å². The van der Waals surface area contributed by atoms with Crippen molar-refractivity contribution in [3.05, 3.63) is 35.4 Å². The van der Waals surface area contributed by atoms with Crippen molar-refractivity contribution < 1.29 is 18.3 Å². The fourth-order valence-electron chi connectivity index (χ4n) is 3.00. The second-order valence-corrected chi connectivity index (χ2v) is 8.43. The molecule has 7 heteroatoms. The Morgan fingerprint density at radius 3 is 2.68 bits per heavy atom. The minimum Gasteiger partial charge on any atom is -0.478 e. The largest absolute Gasteiger partial charge is 0.478 e. The van der Waals surface area contributed by atoms with Gasteiger partial charge in [-0.2, -0.15) is 0 Å². The number of benzene rings is 1. The molecule has 0 bridgehead atoms. The second-order valence-electron chi connectivity index (χ2n) is 6.69. The van der Waals surface area contributed by atoms with E-state index < -0.39 is 16.0 Å². The van der Waals surface area contributed by atoms with Crippen LogP contribution in [0.1, 0.15) is 55.3 Å². The topological polar surface area (TPSA) is 95.5 Å². The Morgan fingerprint density at radius 2 is 2.04 bits per heavy atom. The number of carbonyl (C=O) groups is 1. The zero-order chi connectivity index (χ0) is 17.9. The number of sulfonamides is 1. The highest BCUT2D eigenvalue weighted by atomic mass is 32.2. The summed E-state index contributed by atoms with van der Waals surface area (Å²) in [7, 11) is -3.77. The Kier molecular flexibility index (Phi) is 5.44. The Labute approximate surface area is 148 Å². The molecule has 0 amide bonds. The molecule has 1 fully saturated rings. The number of nitrogens with one attached hydrogen (secondary N) is 2. The molecule has 2 aliphatic rings. The second kappa shape index (κ2) is 7.58. The lowest BCUT2D eigenvalue weighted by Crippen LogP contribution is -2.26. The van der Waals surface area contributed by atoms with Crippen LogP contribution in [0.25, 0.3) is 0 Å². The highest BCUT2D eigenvalue weighted by Gasteiger charge is 2.26. The van der Waals surface area contributed by atoms with Gasteiger partial charge in [-0.3, -0.25) is 0 Å². The highest BCUT2D eigenvalue weighted by Crippen LogP contribution is 2.30. The van der Waals surface area contributed by atoms with Gasteiger partial charge in [-0.25, -0.2) is 17.9 Å². The minimum atomic E-state index is -3.77. The van der Waals surface area contributed by atoms with Gasteiger partial charge in [0.2, 0.25) is 10.0 Å². The number of rotatable bonds is 8. The summed E-state index contributed by atoms with van der Waals surface area (Å²) in [6, 6.07) is 4.48. The minimum absolute atomic E-state index is 0.0110.